The van der Waals surface area contributed by atoms with E-state index in [0.717, 1.165) is 39.3 Å². The minimum Gasteiger partial charge on any atom is -0.381 e. The molecule has 0 radical (unpaired) electrons. The van der Waals surface area contributed by atoms with Crippen LogP contribution in [0.25, 0.3) is 0 Å². The van der Waals surface area contributed by atoms with E-state index in [1.54, 1.807) is 0 Å². The van der Waals surface area contributed by atoms with Crippen LogP contribution in [0.1, 0.15) is 20.3 Å². The molecule has 2 heterocycles. The second kappa shape index (κ2) is 5.45. The Morgan fingerprint density at radius 1 is 1.38 bits per heavy atom. The molecule has 4 atom stereocenters. The zero-order chi connectivity index (χ0) is 11.5. The molecule has 4 nitrogen and oxygen atoms in total. The minimum atomic E-state index is 0.246. The predicted molar refractivity (Wildman–Crippen MR) is 63.4 cm³/mol. The zero-order valence-electron chi connectivity index (χ0n) is 10.4. The predicted octanol–water partition coefficient (Wildman–Crippen LogP) is 0.459. The molecule has 2 fully saturated rings. The van der Waals surface area contributed by atoms with Crippen LogP contribution >= 0.6 is 0 Å². The summed E-state index contributed by atoms with van der Waals surface area (Å²) in [6, 6.07) is 0.736. The molecule has 2 rings (SSSR count). The van der Waals surface area contributed by atoms with Crippen molar-refractivity contribution in [2.24, 2.45) is 11.7 Å². The molecule has 0 saturated carbocycles. The fourth-order valence-electron chi connectivity index (χ4n) is 2.54. The van der Waals surface area contributed by atoms with Gasteiger partial charge in [-0.25, -0.2) is 0 Å². The van der Waals surface area contributed by atoms with Crippen LogP contribution in [-0.4, -0.2) is 56.0 Å². The quantitative estimate of drug-likeness (QED) is 0.762. The van der Waals surface area contributed by atoms with Crippen molar-refractivity contribution >= 4 is 0 Å². The monoisotopic (exact) mass is 228 g/mol. The minimum absolute atomic E-state index is 0.246. The number of hydrogen-bond donors (Lipinski definition) is 1. The maximum Gasteiger partial charge on any atom is 0.0674 e. The van der Waals surface area contributed by atoms with Gasteiger partial charge in [0.2, 0.25) is 0 Å². The van der Waals surface area contributed by atoms with Gasteiger partial charge in [0, 0.05) is 37.7 Å². The first-order valence-corrected chi connectivity index (χ1v) is 6.35. The molecule has 0 aromatic rings. The van der Waals surface area contributed by atoms with Gasteiger partial charge in [-0.3, -0.25) is 4.90 Å². The Kier molecular flexibility index (Phi) is 4.19. The van der Waals surface area contributed by atoms with E-state index in [0.29, 0.717) is 18.1 Å². The van der Waals surface area contributed by atoms with Gasteiger partial charge >= 0.3 is 0 Å². The summed E-state index contributed by atoms with van der Waals surface area (Å²) >= 11 is 0. The highest BCUT2D eigenvalue weighted by Crippen LogP contribution is 2.18. The second-order valence-corrected chi connectivity index (χ2v) is 5.23. The normalized spacial score (nSPS) is 38.8. The van der Waals surface area contributed by atoms with E-state index in [9.17, 15) is 0 Å². The molecule has 0 spiro atoms. The molecule has 2 N–H and O–H groups in total. The lowest BCUT2D eigenvalue weighted by Crippen LogP contribution is -2.52. The summed E-state index contributed by atoms with van der Waals surface area (Å²) in [5.74, 6) is 0.547. The van der Waals surface area contributed by atoms with Crippen LogP contribution in [0.15, 0.2) is 0 Å². The van der Waals surface area contributed by atoms with Gasteiger partial charge in [-0.2, -0.15) is 0 Å². The van der Waals surface area contributed by atoms with Crippen molar-refractivity contribution in [3.63, 3.8) is 0 Å². The summed E-state index contributed by atoms with van der Waals surface area (Å²) in [6.07, 6.45) is 1.46. The average molecular weight is 228 g/mol. The van der Waals surface area contributed by atoms with Crippen molar-refractivity contribution in [1.29, 1.82) is 0 Å². The number of ether oxygens (including phenoxy) is 2. The van der Waals surface area contributed by atoms with Crippen molar-refractivity contribution in [2.75, 3.05) is 32.9 Å². The maximum atomic E-state index is 6.26. The summed E-state index contributed by atoms with van der Waals surface area (Å²) in [4.78, 5) is 2.46. The fraction of sp³-hybridized carbons (Fsp3) is 1.00. The largest absolute Gasteiger partial charge is 0.381 e. The molecule has 2 aliphatic heterocycles. The Labute approximate surface area is 98.1 Å². The summed E-state index contributed by atoms with van der Waals surface area (Å²) in [6.45, 7) is 8.87. The zero-order valence-corrected chi connectivity index (χ0v) is 10.4. The third kappa shape index (κ3) is 2.94. The molecular weight excluding hydrogens is 204 g/mol. The van der Waals surface area contributed by atoms with Crippen molar-refractivity contribution < 1.29 is 9.47 Å². The van der Waals surface area contributed by atoms with E-state index in [1.807, 2.05) is 0 Å². The molecule has 94 valence electrons. The number of nitrogens with two attached hydrogens (primary N) is 1. The lowest BCUT2D eigenvalue weighted by atomic mass is 9.98. The van der Waals surface area contributed by atoms with E-state index in [-0.39, 0.29) is 6.04 Å². The van der Waals surface area contributed by atoms with Gasteiger partial charge in [-0.1, -0.05) is 0 Å². The SMILES string of the molecule is CC1CN(CC(N)C2CCOC2)C(C)CO1. The number of hydrogen-bond acceptors (Lipinski definition) is 4. The van der Waals surface area contributed by atoms with Gasteiger partial charge in [0.1, 0.15) is 0 Å². The highest BCUT2D eigenvalue weighted by molar-refractivity contribution is 4.83. The molecule has 0 aromatic heterocycles. The van der Waals surface area contributed by atoms with Gasteiger partial charge < -0.3 is 15.2 Å². The van der Waals surface area contributed by atoms with Gasteiger partial charge in [0.25, 0.3) is 0 Å². The summed E-state index contributed by atoms with van der Waals surface area (Å²) in [5, 5.41) is 0. The number of morpholine rings is 1. The van der Waals surface area contributed by atoms with Gasteiger partial charge in [0.15, 0.2) is 0 Å². The third-order valence-electron chi connectivity index (χ3n) is 3.75. The van der Waals surface area contributed by atoms with Crippen LogP contribution in [0.5, 0.6) is 0 Å². The molecular formula is C12H24N2O2. The van der Waals surface area contributed by atoms with Crippen LogP contribution in [0, 0.1) is 5.92 Å². The number of nitrogens with zero attached hydrogens (tertiary/aromatic N) is 1. The Hall–Kier alpha value is -0.160. The van der Waals surface area contributed by atoms with E-state index >= 15 is 0 Å². The highest BCUT2D eigenvalue weighted by Gasteiger charge is 2.29. The van der Waals surface area contributed by atoms with Crippen LogP contribution in [0.3, 0.4) is 0 Å². The van der Waals surface area contributed by atoms with Gasteiger partial charge in [-0.15, -0.1) is 0 Å². The number of rotatable bonds is 3. The standard InChI is InChI=1S/C12H24N2O2/c1-9-7-16-10(2)5-14(9)6-12(13)11-3-4-15-8-11/h9-12H,3-8,13H2,1-2H3. The van der Waals surface area contributed by atoms with Crippen LogP contribution < -0.4 is 5.73 Å². The van der Waals surface area contributed by atoms with Crippen molar-refractivity contribution in [2.45, 2.75) is 38.5 Å². The van der Waals surface area contributed by atoms with E-state index in [2.05, 4.69) is 18.7 Å². The van der Waals surface area contributed by atoms with E-state index in [1.165, 1.54) is 0 Å². The lowest BCUT2D eigenvalue weighted by molar-refractivity contribution is -0.0526. The Bertz CT molecular complexity index is 219. The first-order valence-electron chi connectivity index (χ1n) is 6.35. The van der Waals surface area contributed by atoms with Gasteiger partial charge in [0.05, 0.1) is 19.3 Å². The summed E-state index contributed by atoms with van der Waals surface area (Å²) in [7, 11) is 0. The van der Waals surface area contributed by atoms with Gasteiger partial charge in [-0.05, 0) is 20.3 Å². The molecule has 0 aromatic carbocycles. The molecule has 0 bridgehead atoms. The Balaban J connectivity index is 1.82. The maximum absolute atomic E-state index is 6.26. The lowest BCUT2D eigenvalue weighted by Gasteiger charge is -2.38. The first-order chi connectivity index (χ1) is 7.66. The Morgan fingerprint density at radius 2 is 2.19 bits per heavy atom. The van der Waals surface area contributed by atoms with Crippen molar-refractivity contribution in [1.82, 2.24) is 4.90 Å². The molecule has 2 aliphatic rings. The molecule has 2 saturated heterocycles. The topological polar surface area (TPSA) is 47.7 Å². The van der Waals surface area contributed by atoms with E-state index in [4.69, 9.17) is 15.2 Å². The van der Waals surface area contributed by atoms with Crippen LogP contribution in [-0.2, 0) is 9.47 Å². The van der Waals surface area contributed by atoms with Crippen molar-refractivity contribution in [3.05, 3.63) is 0 Å². The average Bonchev–Trinajstić information content (AvgIpc) is 2.76. The Morgan fingerprint density at radius 3 is 2.88 bits per heavy atom. The fourth-order valence-corrected chi connectivity index (χ4v) is 2.54. The highest BCUT2D eigenvalue weighted by atomic mass is 16.5. The molecule has 4 unspecified atom stereocenters. The molecule has 16 heavy (non-hydrogen) atoms. The van der Waals surface area contributed by atoms with Crippen LogP contribution in [0.2, 0.25) is 0 Å². The molecule has 0 aliphatic carbocycles. The molecule has 4 heteroatoms. The van der Waals surface area contributed by atoms with Crippen LogP contribution in [0.4, 0.5) is 0 Å². The third-order valence-corrected chi connectivity index (χ3v) is 3.75. The van der Waals surface area contributed by atoms with Crippen molar-refractivity contribution in [3.8, 4) is 0 Å². The summed E-state index contributed by atoms with van der Waals surface area (Å²) < 4.78 is 11.0. The summed E-state index contributed by atoms with van der Waals surface area (Å²) in [5.41, 5.74) is 6.26. The second-order valence-electron chi connectivity index (χ2n) is 5.23. The van der Waals surface area contributed by atoms with E-state index < -0.39 is 0 Å². The smallest absolute Gasteiger partial charge is 0.0674 e. The molecule has 0 amide bonds. The first kappa shape index (κ1) is 12.3.